The summed E-state index contributed by atoms with van der Waals surface area (Å²) in [6.07, 6.45) is 6.93. The van der Waals surface area contributed by atoms with E-state index in [9.17, 15) is 4.79 Å². The number of hydroxylamine groups is 1. The van der Waals surface area contributed by atoms with Gasteiger partial charge in [0, 0.05) is 31.5 Å². The zero-order valence-corrected chi connectivity index (χ0v) is 20.9. The molecular weight excluding hydrogens is 450 g/mol. The van der Waals surface area contributed by atoms with Gasteiger partial charge in [0.1, 0.15) is 6.34 Å². The summed E-state index contributed by atoms with van der Waals surface area (Å²) in [5.74, 6) is -0.0329. The number of nitrogens with zero attached hydrogens (tertiary/aromatic N) is 3. The molecule has 1 aliphatic rings. The molecule has 1 amide bonds. The average Bonchev–Trinajstić information content (AvgIpc) is 3.45. The minimum atomic E-state index is -0.0329. The van der Waals surface area contributed by atoms with Crippen LogP contribution in [0.2, 0.25) is 0 Å². The molecule has 7 nitrogen and oxygen atoms in total. The predicted octanol–water partition coefficient (Wildman–Crippen LogP) is 4.40. The van der Waals surface area contributed by atoms with Gasteiger partial charge < -0.3 is 5.32 Å². The fraction of sp³-hybridized carbons (Fsp3) is 0.207. The molecule has 0 aliphatic heterocycles. The van der Waals surface area contributed by atoms with E-state index in [1.165, 1.54) is 41.3 Å². The van der Waals surface area contributed by atoms with Gasteiger partial charge in [-0.05, 0) is 77.9 Å². The largest absolute Gasteiger partial charge is 0.348 e. The topological polar surface area (TPSA) is 80.5 Å². The normalized spacial score (nSPS) is 11.8. The van der Waals surface area contributed by atoms with Crippen molar-refractivity contribution in [1.29, 1.82) is 0 Å². The van der Waals surface area contributed by atoms with E-state index < -0.39 is 0 Å². The first-order valence-electron chi connectivity index (χ1n) is 11.8. The van der Waals surface area contributed by atoms with Crippen LogP contribution in [-0.4, -0.2) is 36.2 Å². The van der Waals surface area contributed by atoms with Gasteiger partial charge in [-0.1, -0.05) is 42.0 Å². The minimum Gasteiger partial charge on any atom is -0.348 e. The maximum atomic E-state index is 12.7. The van der Waals surface area contributed by atoms with Crippen LogP contribution in [0, 0.1) is 6.92 Å². The molecule has 0 saturated heterocycles. The van der Waals surface area contributed by atoms with Crippen LogP contribution < -0.4 is 10.8 Å². The summed E-state index contributed by atoms with van der Waals surface area (Å²) in [4.78, 5) is 20.7. The average molecular weight is 482 g/mol. The second-order valence-corrected chi connectivity index (χ2v) is 8.62. The molecule has 1 heterocycles. The third kappa shape index (κ3) is 6.25. The quantitative estimate of drug-likeness (QED) is 0.214. The molecular formula is C29H31N5O2. The molecule has 0 saturated carbocycles. The summed E-state index contributed by atoms with van der Waals surface area (Å²) in [6.45, 7) is 2.60. The van der Waals surface area contributed by atoms with Crippen LogP contribution in [0.4, 0.5) is 0 Å². The van der Waals surface area contributed by atoms with Crippen LogP contribution in [0.25, 0.3) is 5.69 Å². The summed E-state index contributed by atoms with van der Waals surface area (Å²) in [6, 6.07) is 22.8. The second kappa shape index (κ2) is 12.0. The number of hydrogen-bond acceptors (Lipinski definition) is 4. The molecule has 3 aromatic carbocycles. The number of carbonyl (C=O) groups is 1. The summed E-state index contributed by atoms with van der Waals surface area (Å²) in [7, 11) is 3.19. The Morgan fingerprint density at radius 2 is 1.75 bits per heavy atom. The molecule has 0 fully saturated rings. The second-order valence-electron chi connectivity index (χ2n) is 8.62. The van der Waals surface area contributed by atoms with E-state index in [0.717, 1.165) is 24.1 Å². The van der Waals surface area contributed by atoms with Crippen molar-refractivity contribution in [1.82, 2.24) is 20.6 Å². The van der Waals surface area contributed by atoms with Crippen molar-refractivity contribution >= 4 is 12.2 Å². The number of aromatic nitrogens is 2. The van der Waals surface area contributed by atoms with E-state index in [2.05, 4.69) is 81.2 Å². The van der Waals surface area contributed by atoms with Gasteiger partial charge in [0.05, 0.1) is 12.8 Å². The van der Waals surface area contributed by atoms with Crippen LogP contribution in [-0.2, 0) is 24.2 Å². The Balaban J connectivity index is 0.000000455. The van der Waals surface area contributed by atoms with Crippen LogP contribution in [0.15, 0.2) is 84.1 Å². The lowest BCUT2D eigenvalue weighted by Gasteiger charge is -2.21. The number of amides is 1. The Bertz CT molecular complexity index is 1330. The van der Waals surface area contributed by atoms with Crippen molar-refractivity contribution in [2.75, 3.05) is 14.2 Å². The highest BCUT2D eigenvalue weighted by Gasteiger charge is 2.18. The number of hydrogen-bond donors (Lipinski definition) is 2. The monoisotopic (exact) mass is 481 g/mol. The maximum Gasteiger partial charge on any atom is 0.251 e. The smallest absolute Gasteiger partial charge is 0.251 e. The molecule has 1 aromatic heterocycles. The highest BCUT2D eigenvalue weighted by Crippen LogP contribution is 2.29. The van der Waals surface area contributed by atoms with E-state index >= 15 is 0 Å². The molecule has 7 heteroatoms. The van der Waals surface area contributed by atoms with E-state index in [-0.39, 0.29) is 5.91 Å². The Labute approximate surface area is 211 Å². The molecule has 36 heavy (non-hydrogen) atoms. The lowest BCUT2D eigenvalue weighted by molar-refractivity contribution is 0.0951. The van der Waals surface area contributed by atoms with E-state index in [4.69, 9.17) is 0 Å². The van der Waals surface area contributed by atoms with Crippen molar-refractivity contribution in [3.8, 4) is 5.69 Å². The van der Waals surface area contributed by atoms with Gasteiger partial charge in [-0.2, -0.15) is 5.10 Å². The standard InChI is InChI=1S/C26H23N3O.C3H8N2O/c1-18-3-5-19(6-4-18)17-27-26(30)22-8-7-20-13-21-9-10-25(29-12-2-11-28-29)16-24(21)15-23(20)14-22;1-4-3-5-6-2/h2-12,14,16H,13,15,17H2,1H3,(H,27,30);3H,1-2H3,(H,4,5). The third-order valence-corrected chi connectivity index (χ3v) is 6.06. The molecule has 4 aromatic rings. The van der Waals surface area contributed by atoms with Gasteiger partial charge in [-0.25, -0.2) is 4.68 Å². The Morgan fingerprint density at radius 3 is 2.42 bits per heavy atom. The molecule has 5 rings (SSSR count). The van der Waals surface area contributed by atoms with Crippen molar-refractivity contribution in [2.24, 2.45) is 4.99 Å². The van der Waals surface area contributed by atoms with Crippen LogP contribution >= 0.6 is 0 Å². The lowest BCUT2D eigenvalue weighted by Crippen LogP contribution is -2.23. The van der Waals surface area contributed by atoms with Gasteiger partial charge in [-0.15, -0.1) is 0 Å². The Morgan fingerprint density at radius 1 is 1.03 bits per heavy atom. The summed E-state index contributed by atoms with van der Waals surface area (Å²) in [5.41, 5.74) is 11.7. The number of aliphatic imine (C=N–C) groups is 1. The van der Waals surface area contributed by atoms with Crippen molar-refractivity contribution in [2.45, 2.75) is 26.3 Å². The summed E-state index contributed by atoms with van der Waals surface area (Å²) in [5, 5.41) is 7.37. The highest BCUT2D eigenvalue weighted by molar-refractivity contribution is 5.94. The number of fused-ring (bicyclic) bond motifs is 2. The molecule has 1 aliphatic carbocycles. The van der Waals surface area contributed by atoms with Gasteiger partial charge in [0.25, 0.3) is 5.91 Å². The van der Waals surface area contributed by atoms with Gasteiger partial charge in [-0.3, -0.25) is 20.1 Å². The molecule has 184 valence electrons. The van der Waals surface area contributed by atoms with Gasteiger partial charge in [0.15, 0.2) is 0 Å². The van der Waals surface area contributed by atoms with E-state index in [0.29, 0.717) is 12.1 Å². The number of aryl methyl sites for hydroxylation is 1. The highest BCUT2D eigenvalue weighted by atomic mass is 16.6. The zero-order chi connectivity index (χ0) is 25.3. The first kappa shape index (κ1) is 24.9. The number of benzene rings is 3. The number of rotatable bonds is 6. The van der Waals surface area contributed by atoms with Crippen molar-refractivity contribution in [3.63, 3.8) is 0 Å². The SMILES string of the molecule is CN=CNOC.Cc1ccc(CNC(=O)c2ccc3c(c2)Cc2cc(-n4cccn4)ccc2C3)cc1. The first-order valence-corrected chi connectivity index (χ1v) is 11.8. The fourth-order valence-corrected chi connectivity index (χ4v) is 4.12. The van der Waals surface area contributed by atoms with Crippen molar-refractivity contribution in [3.05, 3.63) is 118 Å². The lowest BCUT2D eigenvalue weighted by atomic mass is 9.85. The molecule has 0 atom stereocenters. The molecule has 2 N–H and O–H groups in total. The number of nitrogens with one attached hydrogen (secondary N) is 2. The van der Waals surface area contributed by atoms with Crippen LogP contribution in [0.1, 0.15) is 43.7 Å². The van der Waals surface area contributed by atoms with E-state index in [1.54, 1.807) is 13.2 Å². The zero-order valence-electron chi connectivity index (χ0n) is 20.9. The van der Waals surface area contributed by atoms with E-state index in [1.807, 2.05) is 29.1 Å². The fourth-order valence-electron chi connectivity index (χ4n) is 4.12. The molecule has 0 spiro atoms. The predicted molar refractivity (Wildman–Crippen MR) is 143 cm³/mol. The summed E-state index contributed by atoms with van der Waals surface area (Å²) >= 11 is 0. The van der Waals surface area contributed by atoms with Crippen LogP contribution in [0.5, 0.6) is 0 Å². The molecule has 0 radical (unpaired) electrons. The first-order chi connectivity index (χ1) is 17.6. The molecule has 0 unspecified atom stereocenters. The summed E-state index contributed by atoms with van der Waals surface area (Å²) < 4.78 is 1.88. The van der Waals surface area contributed by atoms with Crippen molar-refractivity contribution < 1.29 is 9.63 Å². The Kier molecular flexibility index (Phi) is 8.26. The Hall–Kier alpha value is -4.23. The number of carbonyl (C=O) groups excluding carboxylic acids is 1. The van der Waals surface area contributed by atoms with Crippen LogP contribution in [0.3, 0.4) is 0 Å². The molecule has 0 bridgehead atoms. The third-order valence-electron chi connectivity index (χ3n) is 6.06. The minimum absolute atomic E-state index is 0.0329. The van der Waals surface area contributed by atoms with Gasteiger partial charge >= 0.3 is 0 Å². The van der Waals surface area contributed by atoms with Gasteiger partial charge in [0.2, 0.25) is 0 Å². The maximum absolute atomic E-state index is 12.7.